The van der Waals surface area contributed by atoms with E-state index in [1.807, 2.05) is 12.1 Å². The second-order valence-electron chi connectivity index (χ2n) is 5.71. The van der Waals surface area contributed by atoms with Crippen LogP contribution in [0.1, 0.15) is 56.1 Å². The second kappa shape index (κ2) is 8.56. The van der Waals surface area contributed by atoms with Gasteiger partial charge in [0.25, 0.3) is 0 Å². The van der Waals surface area contributed by atoms with Gasteiger partial charge in [0.15, 0.2) is 0 Å². The molecule has 1 aliphatic carbocycles. The van der Waals surface area contributed by atoms with Crippen molar-refractivity contribution in [2.75, 3.05) is 13.7 Å². The summed E-state index contributed by atoms with van der Waals surface area (Å²) < 4.78 is 14.8. The van der Waals surface area contributed by atoms with Crippen molar-refractivity contribution in [1.82, 2.24) is 0 Å². The molecule has 5 heteroatoms. The Kier molecular flexibility index (Phi) is 6.44. The van der Waals surface area contributed by atoms with E-state index in [0.29, 0.717) is 31.1 Å². The summed E-state index contributed by atoms with van der Waals surface area (Å²) in [6, 6.07) is 5.73. The summed E-state index contributed by atoms with van der Waals surface area (Å²) in [7, 11) is 1.30. The lowest BCUT2D eigenvalue weighted by Crippen LogP contribution is -2.10. The number of hydrogen-bond acceptors (Lipinski definition) is 5. The summed E-state index contributed by atoms with van der Waals surface area (Å²) >= 11 is 0. The van der Waals surface area contributed by atoms with E-state index in [2.05, 4.69) is 4.74 Å². The highest BCUT2D eigenvalue weighted by atomic mass is 16.7. The van der Waals surface area contributed by atoms with Gasteiger partial charge in [-0.2, -0.15) is 0 Å². The number of carbonyl (C=O) groups is 2. The molecule has 0 heterocycles. The van der Waals surface area contributed by atoms with E-state index in [9.17, 15) is 9.59 Å². The molecule has 0 N–H and O–H groups in total. The minimum atomic E-state index is -0.705. The molecular formula is C18H24O5. The van der Waals surface area contributed by atoms with Crippen LogP contribution >= 0.6 is 0 Å². The highest BCUT2D eigenvalue weighted by Gasteiger charge is 2.22. The first-order chi connectivity index (χ1) is 11.1. The van der Waals surface area contributed by atoms with Crippen molar-refractivity contribution in [3.8, 4) is 5.75 Å². The Morgan fingerprint density at radius 2 is 1.96 bits per heavy atom. The van der Waals surface area contributed by atoms with E-state index < -0.39 is 6.16 Å². The van der Waals surface area contributed by atoms with Gasteiger partial charge < -0.3 is 14.2 Å². The fourth-order valence-corrected chi connectivity index (χ4v) is 3.01. The largest absolute Gasteiger partial charge is 0.513 e. The lowest BCUT2D eigenvalue weighted by Gasteiger charge is -2.16. The average Bonchev–Trinajstić information content (AvgIpc) is 3.08. The highest BCUT2D eigenvalue weighted by Crippen LogP contribution is 2.39. The third-order valence-electron chi connectivity index (χ3n) is 4.15. The van der Waals surface area contributed by atoms with Gasteiger partial charge in [-0.25, -0.2) is 4.79 Å². The van der Waals surface area contributed by atoms with Gasteiger partial charge >= 0.3 is 12.1 Å². The van der Waals surface area contributed by atoms with E-state index in [1.54, 1.807) is 13.0 Å². The standard InChI is InChI=1S/C18H24O5/c1-3-22-17(19)11-9-13-8-10-16(23-18(20)21-2)15(12-13)14-6-4-5-7-14/h8,10,12,14H,3-7,9,11H2,1-2H3. The molecule has 1 aliphatic rings. The molecular weight excluding hydrogens is 296 g/mol. The fraction of sp³-hybridized carbons (Fsp3) is 0.556. The van der Waals surface area contributed by atoms with Crippen LogP contribution in [0.5, 0.6) is 5.75 Å². The van der Waals surface area contributed by atoms with Gasteiger partial charge in [-0.05, 0) is 49.3 Å². The second-order valence-corrected chi connectivity index (χ2v) is 5.71. The zero-order valence-electron chi connectivity index (χ0n) is 13.8. The number of ether oxygens (including phenoxy) is 3. The monoisotopic (exact) mass is 320 g/mol. The molecule has 1 saturated carbocycles. The van der Waals surface area contributed by atoms with Crippen molar-refractivity contribution in [2.45, 2.75) is 51.4 Å². The van der Waals surface area contributed by atoms with Crippen molar-refractivity contribution in [2.24, 2.45) is 0 Å². The molecule has 0 unspecified atom stereocenters. The summed E-state index contributed by atoms with van der Waals surface area (Å²) in [6.45, 7) is 2.20. The van der Waals surface area contributed by atoms with Gasteiger partial charge in [0.05, 0.1) is 13.7 Å². The van der Waals surface area contributed by atoms with Gasteiger partial charge in [-0.1, -0.05) is 25.0 Å². The Balaban J connectivity index is 2.13. The molecule has 0 radical (unpaired) electrons. The van der Waals surface area contributed by atoms with Crippen LogP contribution in [0, 0.1) is 0 Å². The molecule has 1 aromatic carbocycles. The highest BCUT2D eigenvalue weighted by molar-refractivity contribution is 5.69. The quantitative estimate of drug-likeness (QED) is 0.586. The Hall–Kier alpha value is -2.04. The maximum atomic E-state index is 11.5. The summed E-state index contributed by atoms with van der Waals surface area (Å²) in [5.41, 5.74) is 2.09. The third kappa shape index (κ3) is 4.98. The molecule has 0 bridgehead atoms. The van der Waals surface area contributed by atoms with Gasteiger partial charge in [0.1, 0.15) is 5.75 Å². The minimum Gasteiger partial charge on any atom is -0.466 e. The van der Waals surface area contributed by atoms with E-state index in [0.717, 1.165) is 24.0 Å². The Morgan fingerprint density at radius 3 is 2.61 bits per heavy atom. The minimum absolute atomic E-state index is 0.190. The summed E-state index contributed by atoms with van der Waals surface area (Å²) in [4.78, 5) is 22.9. The van der Waals surface area contributed by atoms with Gasteiger partial charge in [-0.3, -0.25) is 4.79 Å². The topological polar surface area (TPSA) is 61.8 Å². The van der Waals surface area contributed by atoms with E-state index in [-0.39, 0.29) is 5.97 Å². The molecule has 5 nitrogen and oxygen atoms in total. The smallest absolute Gasteiger partial charge is 0.466 e. The van der Waals surface area contributed by atoms with Crippen molar-refractivity contribution in [3.05, 3.63) is 29.3 Å². The first kappa shape index (κ1) is 17.3. The molecule has 0 spiro atoms. The molecule has 126 valence electrons. The Morgan fingerprint density at radius 1 is 1.22 bits per heavy atom. The maximum absolute atomic E-state index is 11.5. The van der Waals surface area contributed by atoms with Crippen LogP contribution in [0.3, 0.4) is 0 Å². The lowest BCUT2D eigenvalue weighted by molar-refractivity contribution is -0.143. The fourth-order valence-electron chi connectivity index (χ4n) is 3.01. The molecule has 0 saturated heterocycles. The van der Waals surface area contributed by atoms with Gasteiger partial charge in [0, 0.05) is 6.42 Å². The predicted octanol–water partition coefficient (Wildman–Crippen LogP) is 3.99. The SMILES string of the molecule is CCOC(=O)CCc1ccc(OC(=O)OC)c(C2CCCC2)c1. The Labute approximate surface area is 136 Å². The number of methoxy groups -OCH3 is 1. The van der Waals surface area contributed by atoms with Crippen molar-refractivity contribution < 1.29 is 23.8 Å². The number of carbonyl (C=O) groups excluding carboxylic acids is 2. The summed E-state index contributed by atoms with van der Waals surface area (Å²) in [6.07, 6.45) is 4.85. The number of esters is 1. The molecule has 0 aliphatic heterocycles. The first-order valence-corrected chi connectivity index (χ1v) is 8.18. The third-order valence-corrected chi connectivity index (χ3v) is 4.15. The van der Waals surface area contributed by atoms with Crippen LogP contribution in [0.15, 0.2) is 18.2 Å². The van der Waals surface area contributed by atoms with Crippen molar-refractivity contribution in [3.63, 3.8) is 0 Å². The zero-order chi connectivity index (χ0) is 16.7. The molecule has 2 rings (SSSR count). The van der Waals surface area contributed by atoms with Gasteiger partial charge in [-0.15, -0.1) is 0 Å². The molecule has 0 aromatic heterocycles. The molecule has 1 fully saturated rings. The van der Waals surface area contributed by atoms with Crippen LogP contribution < -0.4 is 4.74 Å². The number of aryl methyl sites for hydroxylation is 1. The van der Waals surface area contributed by atoms with Crippen molar-refractivity contribution >= 4 is 12.1 Å². The Bertz CT molecular complexity index is 546. The van der Waals surface area contributed by atoms with Crippen LogP contribution in [-0.4, -0.2) is 25.8 Å². The number of hydrogen-bond donors (Lipinski definition) is 0. The van der Waals surface area contributed by atoms with E-state index in [1.165, 1.54) is 20.0 Å². The normalized spacial score (nSPS) is 14.5. The molecule has 0 atom stereocenters. The van der Waals surface area contributed by atoms with E-state index in [4.69, 9.17) is 9.47 Å². The van der Waals surface area contributed by atoms with E-state index >= 15 is 0 Å². The van der Waals surface area contributed by atoms with Crippen LogP contribution in [-0.2, 0) is 20.7 Å². The summed E-state index contributed by atoms with van der Waals surface area (Å²) in [5.74, 6) is 0.769. The van der Waals surface area contributed by atoms with Crippen LogP contribution in [0.25, 0.3) is 0 Å². The van der Waals surface area contributed by atoms with Gasteiger partial charge in [0.2, 0.25) is 0 Å². The average molecular weight is 320 g/mol. The number of benzene rings is 1. The zero-order valence-corrected chi connectivity index (χ0v) is 13.8. The predicted molar refractivity (Wildman–Crippen MR) is 85.6 cm³/mol. The molecule has 23 heavy (non-hydrogen) atoms. The number of rotatable bonds is 6. The van der Waals surface area contributed by atoms with Crippen LogP contribution in [0.4, 0.5) is 4.79 Å². The van der Waals surface area contributed by atoms with Crippen LogP contribution in [0.2, 0.25) is 0 Å². The molecule has 0 amide bonds. The lowest BCUT2D eigenvalue weighted by atomic mass is 9.94. The molecule has 1 aromatic rings. The van der Waals surface area contributed by atoms with Crippen molar-refractivity contribution in [1.29, 1.82) is 0 Å². The maximum Gasteiger partial charge on any atom is 0.513 e. The first-order valence-electron chi connectivity index (χ1n) is 8.18. The summed E-state index contributed by atoms with van der Waals surface area (Å²) in [5, 5.41) is 0.